The summed E-state index contributed by atoms with van der Waals surface area (Å²) in [5.74, 6) is 0.704. The second-order valence-corrected chi connectivity index (χ2v) is 8.99. The SMILES string of the molecule is CCOC(=O)Cc1csc(SCC(=O)Nc2ccc3c(c2)OC2(CCCC2)O3)n1. The predicted octanol–water partition coefficient (Wildman–Crippen LogP) is 4.02. The van der Waals surface area contributed by atoms with Gasteiger partial charge in [0.05, 0.1) is 24.5 Å². The van der Waals surface area contributed by atoms with E-state index >= 15 is 0 Å². The fourth-order valence-electron chi connectivity index (χ4n) is 3.41. The van der Waals surface area contributed by atoms with Crippen LogP contribution in [0.3, 0.4) is 0 Å². The highest BCUT2D eigenvalue weighted by Gasteiger charge is 2.44. The number of nitrogens with zero attached hydrogens (tertiary/aromatic N) is 1. The molecule has 2 heterocycles. The van der Waals surface area contributed by atoms with Gasteiger partial charge in [-0.05, 0) is 31.9 Å². The minimum absolute atomic E-state index is 0.133. The molecule has 0 unspecified atom stereocenters. The molecule has 2 aromatic rings. The zero-order chi connectivity index (χ0) is 20.3. The lowest BCUT2D eigenvalue weighted by Gasteiger charge is -2.21. The monoisotopic (exact) mass is 434 g/mol. The molecular formula is C20H22N2O5S2. The van der Waals surface area contributed by atoms with Crippen LogP contribution in [-0.2, 0) is 20.7 Å². The summed E-state index contributed by atoms with van der Waals surface area (Å²) in [5, 5.41) is 4.70. The molecule has 9 heteroatoms. The number of fused-ring (bicyclic) bond motifs is 1. The van der Waals surface area contributed by atoms with Crippen molar-refractivity contribution in [3.63, 3.8) is 0 Å². The van der Waals surface area contributed by atoms with Gasteiger partial charge in [0, 0.05) is 30.0 Å². The van der Waals surface area contributed by atoms with E-state index in [4.69, 9.17) is 14.2 Å². The number of carbonyl (C=O) groups excluding carboxylic acids is 2. The number of rotatable bonds is 7. The number of thioether (sulfide) groups is 1. The van der Waals surface area contributed by atoms with Crippen LogP contribution in [0.2, 0.25) is 0 Å². The maximum Gasteiger partial charge on any atom is 0.311 e. The van der Waals surface area contributed by atoms with E-state index in [2.05, 4.69) is 10.3 Å². The second-order valence-electron chi connectivity index (χ2n) is 6.91. The van der Waals surface area contributed by atoms with Gasteiger partial charge in [0.2, 0.25) is 5.91 Å². The highest BCUT2D eigenvalue weighted by Crippen LogP contribution is 2.47. The van der Waals surface area contributed by atoms with Gasteiger partial charge >= 0.3 is 5.97 Å². The van der Waals surface area contributed by atoms with Gasteiger partial charge < -0.3 is 19.5 Å². The molecule has 1 aromatic carbocycles. The largest absolute Gasteiger partial charge is 0.466 e. The third-order valence-corrected chi connectivity index (χ3v) is 6.74. The molecule has 7 nitrogen and oxygen atoms in total. The second kappa shape index (κ2) is 8.62. The maximum absolute atomic E-state index is 12.3. The molecule has 29 heavy (non-hydrogen) atoms. The van der Waals surface area contributed by atoms with E-state index in [1.54, 1.807) is 6.92 Å². The number of aromatic nitrogens is 1. The summed E-state index contributed by atoms with van der Waals surface area (Å²) in [5.41, 5.74) is 1.34. The van der Waals surface area contributed by atoms with Crippen molar-refractivity contribution in [3.8, 4) is 11.5 Å². The van der Waals surface area contributed by atoms with Crippen molar-refractivity contribution in [2.24, 2.45) is 0 Å². The molecule has 1 aliphatic heterocycles. The van der Waals surface area contributed by atoms with Crippen LogP contribution in [0.15, 0.2) is 27.9 Å². The Bertz CT molecular complexity index is 908. The molecule has 0 bridgehead atoms. The molecule has 1 N–H and O–H groups in total. The van der Waals surface area contributed by atoms with Crippen molar-refractivity contribution >= 4 is 40.7 Å². The zero-order valence-electron chi connectivity index (χ0n) is 16.1. The molecule has 1 aromatic heterocycles. The summed E-state index contributed by atoms with van der Waals surface area (Å²) >= 11 is 2.75. The van der Waals surface area contributed by atoms with Crippen LogP contribution in [0.25, 0.3) is 0 Å². The topological polar surface area (TPSA) is 86.8 Å². The number of hydrogen-bond acceptors (Lipinski definition) is 8. The third-order valence-electron chi connectivity index (χ3n) is 4.67. The Labute approximate surface area is 177 Å². The first-order valence-corrected chi connectivity index (χ1v) is 11.5. The van der Waals surface area contributed by atoms with Gasteiger partial charge in [-0.15, -0.1) is 11.3 Å². The number of anilines is 1. The van der Waals surface area contributed by atoms with E-state index in [1.807, 2.05) is 23.6 Å². The lowest BCUT2D eigenvalue weighted by molar-refractivity contribution is -0.142. The average Bonchev–Trinajstić information content (AvgIpc) is 3.40. The summed E-state index contributed by atoms with van der Waals surface area (Å²) in [4.78, 5) is 28.2. The highest BCUT2D eigenvalue weighted by atomic mass is 32.2. The number of thiazole rings is 1. The molecule has 0 saturated heterocycles. The predicted molar refractivity (Wildman–Crippen MR) is 111 cm³/mol. The van der Waals surface area contributed by atoms with Gasteiger partial charge in [-0.1, -0.05) is 11.8 Å². The van der Waals surface area contributed by atoms with E-state index in [1.165, 1.54) is 23.1 Å². The Morgan fingerprint density at radius 2 is 2.07 bits per heavy atom. The van der Waals surface area contributed by atoms with E-state index in [-0.39, 0.29) is 24.1 Å². The number of nitrogens with one attached hydrogen (secondary N) is 1. The Balaban J connectivity index is 1.28. The van der Waals surface area contributed by atoms with Crippen molar-refractivity contribution in [2.45, 2.75) is 49.2 Å². The van der Waals surface area contributed by atoms with E-state index in [0.29, 0.717) is 23.7 Å². The lowest BCUT2D eigenvalue weighted by atomic mass is 10.2. The standard InChI is InChI=1S/C20H22N2O5S2/c1-2-25-18(24)10-14-11-28-19(22-14)29-12-17(23)21-13-5-6-15-16(9-13)27-20(26-15)7-3-4-8-20/h5-6,9,11H,2-4,7-8,10,12H2,1H3,(H,21,23). The van der Waals surface area contributed by atoms with Crippen molar-refractivity contribution < 1.29 is 23.8 Å². The number of benzene rings is 1. The first-order chi connectivity index (χ1) is 14.0. The van der Waals surface area contributed by atoms with E-state index in [0.717, 1.165) is 35.8 Å². The summed E-state index contributed by atoms with van der Waals surface area (Å²) in [6, 6.07) is 5.47. The summed E-state index contributed by atoms with van der Waals surface area (Å²) in [7, 11) is 0. The number of ether oxygens (including phenoxy) is 3. The molecule has 1 fully saturated rings. The first-order valence-electron chi connectivity index (χ1n) is 9.60. The van der Waals surface area contributed by atoms with Crippen LogP contribution in [-0.4, -0.2) is 35.0 Å². The summed E-state index contributed by atoms with van der Waals surface area (Å²) in [6.07, 6.45) is 4.15. The third kappa shape index (κ3) is 4.84. The molecule has 1 aliphatic carbocycles. The smallest absolute Gasteiger partial charge is 0.311 e. The van der Waals surface area contributed by atoms with Crippen LogP contribution in [0, 0.1) is 0 Å². The van der Waals surface area contributed by atoms with Crippen LogP contribution in [0.4, 0.5) is 5.69 Å². The fourth-order valence-corrected chi connectivity index (χ4v) is 5.05. The van der Waals surface area contributed by atoms with Gasteiger partial charge in [-0.25, -0.2) is 4.98 Å². The van der Waals surface area contributed by atoms with Crippen molar-refractivity contribution in [3.05, 3.63) is 29.3 Å². The summed E-state index contributed by atoms with van der Waals surface area (Å²) in [6.45, 7) is 2.12. The Morgan fingerprint density at radius 1 is 1.28 bits per heavy atom. The molecular weight excluding hydrogens is 412 g/mol. The fraction of sp³-hybridized carbons (Fsp3) is 0.450. The van der Waals surface area contributed by atoms with Gasteiger partial charge in [-0.3, -0.25) is 9.59 Å². The Hall–Kier alpha value is -2.26. The van der Waals surface area contributed by atoms with Crippen molar-refractivity contribution in [1.82, 2.24) is 4.98 Å². The van der Waals surface area contributed by atoms with Crippen LogP contribution in [0.5, 0.6) is 11.5 Å². The van der Waals surface area contributed by atoms with Crippen LogP contribution in [0.1, 0.15) is 38.3 Å². The molecule has 0 radical (unpaired) electrons. The molecule has 1 amide bonds. The number of hydrogen-bond donors (Lipinski definition) is 1. The number of esters is 1. The Morgan fingerprint density at radius 3 is 2.86 bits per heavy atom. The normalized spacial score (nSPS) is 16.2. The first kappa shape index (κ1) is 20.0. The Kier molecular flexibility index (Phi) is 5.96. The average molecular weight is 435 g/mol. The highest BCUT2D eigenvalue weighted by molar-refractivity contribution is 8.01. The molecule has 2 aliphatic rings. The minimum atomic E-state index is -0.507. The summed E-state index contributed by atoms with van der Waals surface area (Å²) < 4.78 is 17.7. The number of carbonyl (C=O) groups is 2. The van der Waals surface area contributed by atoms with Crippen molar-refractivity contribution in [1.29, 1.82) is 0 Å². The number of amides is 1. The maximum atomic E-state index is 12.3. The van der Waals surface area contributed by atoms with Gasteiger partial charge in [0.25, 0.3) is 5.79 Å². The molecule has 1 saturated carbocycles. The van der Waals surface area contributed by atoms with E-state index in [9.17, 15) is 9.59 Å². The molecule has 154 valence electrons. The van der Waals surface area contributed by atoms with Gasteiger partial charge in [-0.2, -0.15) is 0 Å². The lowest BCUT2D eigenvalue weighted by Crippen LogP contribution is -2.34. The molecule has 1 spiro atoms. The van der Waals surface area contributed by atoms with E-state index < -0.39 is 5.79 Å². The molecule has 4 rings (SSSR count). The van der Waals surface area contributed by atoms with Crippen LogP contribution >= 0.6 is 23.1 Å². The quantitative estimate of drug-likeness (QED) is 0.520. The molecule has 0 atom stereocenters. The zero-order valence-corrected chi connectivity index (χ0v) is 17.7. The van der Waals surface area contributed by atoms with Gasteiger partial charge in [0.15, 0.2) is 15.8 Å². The van der Waals surface area contributed by atoms with Gasteiger partial charge in [0.1, 0.15) is 0 Å². The minimum Gasteiger partial charge on any atom is -0.466 e. The van der Waals surface area contributed by atoms with Crippen molar-refractivity contribution in [2.75, 3.05) is 17.7 Å². The van der Waals surface area contributed by atoms with Crippen LogP contribution < -0.4 is 14.8 Å².